The number of rotatable bonds is 2. The third kappa shape index (κ3) is 1.90. The van der Waals surface area contributed by atoms with Crippen LogP contribution in [0.4, 0.5) is 0 Å². The largest absolute Gasteiger partial charge is 0.381 e. The predicted molar refractivity (Wildman–Crippen MR) is 52.7 cm³/mol. The zero-order valence-corrected chi connectivity index (χ0v) is 8.51. The third-order valence-electron chi connectivity index (χ3n) is 2.39. The van der Waals surface area contributed by atoms with Crippen LogP contribution in [-0.4, -0.2) is 18.2 Å². The summed E-state index contributed by atoms with van der Waals surface area (Å²) >= 11 is 1.65. The molecule has 0 aliphatic carbocycles. The lowest BCUT2D eigenvalue weighted by Gasteiger charge is -2.14. The van der Waals surface area contributed by atoms with Crippen LogP contribution >= 0.6 is 11.3 Å². The number of nitrogens with two attached hydrogens (primary N) is 1. The highest BCUT2D eigenvalue weighted by Crippen LogP contribution is 2.28. The molecule has 0 amide bonds. The number of ether oxygens (including phenoxy) is 1. The highest BCUT2D eigenvalue weighted by atomic mass is 32.1. The van der Waals surface area contributed by atoms with Crippen molar-refractivity contribution in [2.75, 3.05) is 13.2 Å². The summed E-state index contributed by atoms with van der Waals surface area (Å²) in [6.45, 7) is 3.64. The maximum atomic E-state index is 6.08. The molecule has 0 saturated carbocycles. The summed E-state index contributed by atoms with van der Waals surface area (Å²) in [6.07, 6.45) is 1.07. The van der Waals surface area contributed by atoms with Crippen molar-refractivity contribution in [3.8, 4) is 0 Å². The van der Waals surface area contributed by atoms with Gasteiger partial charge in [0, 0.05) is 23.6 Å². The second-order valence-electron chi connectivity index (χ2n) is 3.48. The average Bonchev–Trinajstić information content (AvgIpc) is 2.72. The molecule has 2 heterocycles. The molecule has 1 aliphatic heterocycles. The lowest BCUT2D eigenvalue weighted by Crippen LogP contribution is -2.21. The minimum atomic E-state index is 0.0706. The van der Waals surface area contributed by atoms with Gasteiger partial charge < -0.3 is 10.5 Å². The summed E-state index contributed by atoms with van der Waals surface area (Å²) in [4.78, 5) is 4.39. The van der Waals surface area contributed by atoms with Gasteiger partial charge in [-0.3, -0.25) is 0 Å². The number of aryl methyl sites for hydroxylation is 1. The highest BCUT2D eigenvalue weighted by Gasteiger charge is 2.25. The molecule has 0 aromatic carbocycles. The Morgan fingerprint density at radius 2 is 2.62 bits per heavy atom. The van der Waals surface area contributed by atoms with Crippen molar-refractivity contribution in [2.24, 2.45) is 11.7 Å². The van der Waals surface area contributed by atoms with E-state index in [0.29, 0.717) is 5.92 Å². The van der Waals surface area contributed by atoms with E-state index in [-0.39, 0.29) is 6.04 Å². The zero-order valence-electron chi connectivity index (χ0n) is 7.69. The second kappa shape index (κ2) is 3.74. The van der Waals surface area contributed by atoms with Gasteiger partial charge in [0.1, 0.15) is 5.01 Å². The number of hydrogen-bond donors (Lipinski definition) is 1. The Morgan fingerprint density at radius 3 is 3.15 bits per heavy atom. The summed E-state index contributed by atoms with van der Waals surface area (Å²) in [6, 6.07) is 0.0706. The molecule has 13 heavy (non-hydrogen) atoms. The van der Waals surface area contributed by atoms with Gasteiger partial charge in [0.2, 0.25) is 0 Å². The van der Waals surface area contributed by atoms with E-state index in [1.54, 1.807) is 11.3 Å². The van der Waals surface area contributed by atoms with E-state index in [1.807, 2.05) is 12.3 Å². The van der Waals surface area contributed by atoms with E-state index in [1.165, 1.54) is 0 Å². The van der Waals surface area contributed by atoms with E-state index in [4.69, 9.17) is 10.5 Å². The molecule has 1 aromatic heterocycles. The van der Waals surface area contributed by atoms with Crippen LogP contribution in [0.1, 0.15) is 23.2 Å². The van der Waals surface area contributed by atoms with Crippen LogP contribution in [0, 0.1) is 12.8 Å². The summed E-state index contributed by atoms with van der Waals surface area (Å²) < 4.78 is 5.30. The minimum Gasteiger partial charge on any atom is -0.381 e. The minimum absolute atomic E-state index is 0.0706. The SMILES string of the molecule is Cc1csc(C(N)C2CCOC2)n1. The fraction of sp³-hybridized carbons (Fsp3) is 0.667. The molecule has 2 N–H and O–H groups in total. The summed E-state index contributed by atoms with van der Waals surface area (Å²) in [5.74, 6) is 0.463. The highest BCUT2D eigenvalue weighted by molar-refractivity contribution is 7.09. The molecule has 4 heteroatoms. The lowest BCUT2D eigenvalue weighted by atomic mass is 10.0. The van der Waals surface area contributed by atoms with Crippen LogP contribution in [0.25, 0.3) is 0 Å². The maximum Gasteiger partial charge on any atom is 0.110 e. The number of hydrogen-bond acceptors (Lipinski definition) is 4. The van der Waals surface area contributed by atoms with Gasteiger partial charge in [0.25, 0.3) is 0 Å². The Kier molecular flexibility index (Phi) is 2.62. The Morgan fingerprint density at radius 1 is 1.77 bits per heavy atom. The molecule has 1 fully saturated rings. The molecule has 2 unspecified atom stereocenters. The molecule has 0 bridgehead atoms. The molecule has 0 radical (unpaired) electrons. The first-order valence-corrected chi connectivity index (χ1v) is 5.40. The van der Waals surface area contributed by atoms with Crippen molar-refractivity contribution < 1.29 is 4.74 Å². The fourth-order valence-electron chi connectivity index (χ4n) is 1.56. The standard InChI is InChI=1S/C9H14N2OS/c1-6-5-13-9(11-6)8(10)7-2-3-12-4-7/h5,7-8H,2-4,10H2,1H3. The zero-order chi connectivity index (χ0) is 9.26. The van der Waals surface area contributed by atoms with Crippen molar-refractivity contribution in [2.45, 2.75) is 19.4 Å². The Labute approximate surface area is 81.9 Å². The van der Waals surface area contributed by atoms with Gasteiger partial charge in [-0.25, -0.2) is 4.98 Å². The first kappa shape index (κ1) is 9.12. The number of thiazole rings is 1. The summed E-state index contributed by atoms with van der Waals surface area (Å²) in [7, 11) is 0. The molecule has 2 atom stereocenters. The van der Waals surface area contributed by atoms with Crippen LogP contribution in [0.3, 0.4) is 0 Å². The third-order valence-corrected chi connectivity index (χ3v) is 3.46. The first-order valence-electron chi connectivity index (χ1n) is 4.52. The molecule has 2 rings (SSSR count). The van der Waals surface area contributed by atoms with Crippen molar-refractivity contribution in [1.29, 1.82) is 0 Å². The predicted octanol–water partition coefficient (Wildman–Crippen LogP) is 1.49. The molecule has 1 saturated heterocycles. The van der Waals surface area contributed by atoms with Crippen LogP contribution in [-0.2, 0) is 4.74 Å². The fourth-order valence-corrected chi connectivity index (χ4v) is 2.45. The normalized spacial score (nSPS) is 24.9. The van der Waals surface area contributed by atoms with E-state index in [0.717, 1.165) is 30.3 Å². The van der Waals surface area contributed by atoms with E-state index < -0.39 is 0 Å². The smallest absolute Gasteiger partial charge is 0.110 e. The van der Waals surface area contributed by atoms with Gasteiger partial charge in [-0.15, -0.1) is 11.3 Å². The Balaban J connectivity index is 2.07. The van der Waals surface area contributed by atoms with Crippen molar-refractivity contribution in [3.63, 3.8) is 0 Å². The van der Waals surface area contributed by atoms with Gasteiger partial charge in [-0.1, -0.05) is 0 Å². The van der Waals surface area contributed by atoms with E-state index in [2.05, 4.69) is 4.98 Å². The molecule has 3 nitrogen and oxygen atoms in total. The van der Waals surface area contributed by atoms with Gasteiger partial charge in [0.15, 0.2) is 0 Å². The molecule has 0 spiro atoms. The van der Waals surface area contributed by atoms with Gasteiger partial charge in [-0.2, -0.15) is 0 Å². The van der Waals surface area contributed by atoms with E-state index >= 15 is 0 Å². The summed E-state index contributed by atoms with van der Waals surface area (Å²) in [5.41, 5.74) is 7.15. The van der Waals surface area contributed by atoms with Crippen LogP contribution < -0.4 is 5.73 Å². The first-order chi connectivity index (χ1) is 6.27. The van der Waals surface area contributed by atoms with E-state index in [9.17, 15) is 0 Å². The number of nitrogens with zero attached hydrogens (tertiary/aromatic N) is 1. The molecule has 1 aromatic rings. The van der Waals surface area contributed by atoms with Crippen LogP contribution in [0.2, 0.25) is 0 Å². The van der Waals surface area contributed by atoms with Gasteiger partial charge in [-0.05, 0) is 13.3 Å². The Hall–Kier alpha value is -0.450. The van der Waals surface area contributed by atoms with Gasteiger partial charge in [0.05, 0.1) is 12.6 Å². The topological polar surface area (TPSA) is 48.1 Å². The average molecular weight is 198 g/mol. The molecular formula is C9H14N2OS. The maximum absolute atomic E-state index is 6.08. The van der Waals surface area contributed by atoms with Gasteiger partial charge >= 0.3 is 0 Å². The van der Waals surface area contributed by atoms with Crippen molar-refractivity contribution in [1.82, 2.24) is 4.98 Å². The molecular weight excluding hydrogens is 184 g/mol. The van der Waals surface area contributed by atoms with Crippen molar-refractivity contribution >= 4 is 11.3 Å². The second-order valence-corrected chi connectivity index (χ2v) is 4.37. The Bertz CT molecular complexity index is 281. The lowest BCUT2D eigenvalue weighted by molar-refractivity contribution is 0.181. The number of aromatic nitrogens is 1. The van der Waals surface area contributed by atoms with Crippen molar-refractivity contribution in [3.05, 3.63) is 16.1 Å². The molecule has 1 aliphatic rings. The quantitative estimate of drug-likeness (QED) is 0.783. The van der Waals surface area contributed by atoms with Crippen LogP contribution in [0.15, 0.2) is 5.38 Å². The van der Waals surface area contributed by atoms with Crippen LogP contribution in [0.5, 0.6) is 0 Å². The summed E-state index contributed by atoms with van der Waals surface area (Å²) in [5, 5.41) is 3.10. The molecule has 72 valence electrons. The monoisotopic (exact) mass is 198 g/mol.